The van der Waals surface area contributed by atoms with E-state index in [1.54, 1.807) is 0 Å². The maximum atomic E-state index is 10.3. The first-order valence-electron chi connectivity index (χ1n) is 3.31. The molecule has 0 rings (SSSR count). The Hall–Kier alpha value is -0.0200. The van der Waals surface area contributed by atoms with Gasteiger partial charge in [0.25, 0.3) is 0 Å². The van der Waals surface area contributed by atoms with Crippen LogP contribution in [0.3, 0.4) is 0 Å². The van der Waals surface area contributed by atoms with Gasteiger partial charge in [0.1, 0.15) is 0 Å². The second kappa shape index (κ2) is 4.12. The van der Waals surface area contributed by atoms with Crippen LogP contribution in [0.2, 0.25) is 0 Å². The second-order valence-corrected chi connectivity index (χ2v) is 3.22. The molecule has 0 aromatic heterocycles. The van der Waals surface area contributed by atoms with E-state index in [9.17, 15) is 4.57 Å². The maximum Gasteiger partial charge on any atom is 0.330 e. The Morgan fingerprint density at radius 2 is 1.55 bits per heavy atom. The maximum absolute atomic E-state index is 10.3. The van der Waals surface area contributed by atoms with Gasteiger partial charge in [0.05, 0.1) is 0 Å². The van der Waals surface area contributed by atoms with Crippen molar-refractivity contribution in [2.45, 2.75) is 12.8 Å². The summed E-state index contributed by atoms with van der Waals surface area (Å²) in [6, 6.07) is 0. The lowest BCUT2D eigenvalue weighted by atomic mass is 10.4. The van der Waals surface area contributed by atoms with Gasteiger partial charge < -0.3 is 0 Å². The largest absolute Gasteiger partial charge is 0.330 e. The Labute approximate surface area is 69.4 Å². The molecule has 0 radical (unpaired) electrons. The molecule has 66 valence electrons. The lowest BCUT2D eigenvalue weighted by Gasteiger charge is -2.38. The number of hydrogen-bond acceptors (Lipinski definition) is 4. The molecule has 11 heavy (non-hydrogen) atoms. The predicted molar refractivity (Wildman–Crippen MR) is 44.5 cm³/mol. The van der Waals surface area contributed by atoms with E-state index in [4.69, 9.17) is 4.52 Å². The Morgan fingerprint density at radius 1 is 1.18 bits per heavy atom. The van der Waals surface area contributed by atoms with Crippen molar-refractivity contribution in [2.24, 2.45) is 0 Å². The van der Waals surface area contributed by atoms with E-state index in [-0.39, 0.29) is 8.69 Å². The highest BCUT2D eigenvalue weighted by molar-refractivity contribution is 7.17. The highest BCUT2D eigenvalue weighted by Gasteiger charge is 2.30. The zero-order valence-corrected chi connectivity index (χ0v) is 8.55. The van der Waals surface area contributed by atoms with Gasteiger partial charge in [0, 0.05) is 0 Å². The van der Waals surface area contributed by atoms with Crippen molar-refractivity contribution in [1.29, 1.82) is 0 Å². The summed E-state index contributed by atoms with van der Waals surface area (Å²) < 4.78 is 15.3. The molecule has 0 bridgehead atoms. The topological polar surface area (TPSA) is 32.8 Å². The molecule has 0 heterocycles. The molecule has 0 atom stereocenters. The highest BCUT2D eigenvalue weighted by Crippen LogP contribution is 2.20. The van der Waals surface area contributed by atoms with Crippen LogP contribution in [0.15, 0.2) is 0 Å². The van der Waals surface area contributed by atoms with Gasteiger partial charge in [-0.2, -0.15) is 0 Å². The minimum Gasteiger partial charge on any atom is -0.269 e. The van der Waals surface area contributed by atoms with Gasteiger partial charge >= 0.3 is 8.69 Å². The molecule has 0 unspecified atom stereocenters. The molecular formula is C6H15N2O2P. The van der Waals surface area contributed by atoms with Gasteiger partial charge in [-0.1, -0.05) is 0 Å². The van der Waals surface area contributed by atoms with Gasteiger partial charge in [-0.05, 0) is 35.1 Å². The molecule has 0 saturated heterocycles. The van der Waals surface area contributed by atoms with Crippen molar-refractivity contribution >= 4 is 8.69 Å². The van der Waals surface area contributed by atoms with E-state index >= 15 is 0 Å². The van der Waals surface area contributed by atoms with E-state index in [0.717, 1.165) is 0 Å². The van der Waals surface area contributed by atoms with Gasteiger partial charge in [-0.25, -0.2) is 4.57 Å². The fourth-order valence-electron chi connectivity index (χ4n) is 0.634. The zero-order valence-electron chi connectivity index (χ0n) is 7.66. The molecule has 5 heteroatoms. The minimum atomic E-state index is -0.608. The van der Waals surface area contributed by atoms with Crippen molar-refractivity contribution in [2.75, 3.05) is 28.2 Å². The van der Waals surface area contributed by atoms with Gasteiger partial charge in [0.15, 0.2) is 5.85 Å². The average Bonchev–Trinajstić information content (AvgIpc) is 1.87. The van der Waals surface area contributed by atoms with Crippen LogP contribution in [0, 0.1) is 0 Å². The molecular weight excluding hydrogens is 163 g/mol. The fourth-order valence-corrected chi connectivity index (χ4v) is 1.10. The first kappa shape index (κ1) is 11.0. The average molecular weight is 178 g/mol. The first-order valence-corrected chi connectivity index (χ1v) is 4.04. The summed E-state index contributed by atoms with van der Waals surface area (Å²) in [5.74, 6) is -0.608. The lowest BCUT2D eigenvalue weighted by Crippen LogP contribution is -2.53. The first-order chi connectivity index (χ1) is 4.95. The van der Waals surface area contributed by atoms with Crippen molar-refractivity contribution in [1.82, 2.24) is 9.80 Å². The smallest absolute Gasteiger partial charge is 0.269 e. The predicted octanol–water partition coefficient (Wildman–Crippen LogP) is 1.01. The van der Waals surface area contributed by atoms with Crippen LogP contribution in [-0.4, -0.2) is 43.8 Å². The van der Waals surface area contributed by atoms with Crippen LogP contribution in [0.1, 0.15) is 6.92 Å². The molecule has 0 saturated carbocycles. The van der Waals surface area contributed by atoms with Crippen LogP contribution in [0.4, 0.5) is 0 Å². The van der Waals surface area contributed by atoms with E-state index < -0.39 is 5.85 Å². The molecule has 0 fully saturated rings. The van der Waals surface area contributed by atoms with Crippen molar-refractivity contribution in [3.63, 3.8) is 0 Å². The van der Waals surface area contributed by atoms with Crippen LogP contribution in [0.25, 0.3) is 0 Å². The monoisotopic (exact) mass is 178 g/mol. The van der Waals surface area contributed by atoms with E-state index in [1.807, 2.05) is 44.9 Å². The summed E-state index contributed by atoms with van der Waals surface area (Å²) in [4.78, 5) is 3.69. The van der Waals surface area contributed by atoms with Crippen LogP contribution >= 0.6 is 8.69 Å². The summed E-state index contributed by atoms with van der Waals surface area (Å²) in [6.07, 6.45) is 0. The number of rotatable bonds is 4. The molecule has 0 aliphatic carbocycles. The third-order valence-corrected chi connectivity index (χ3v) is 2.29. The van der Waals surface area contributed by atoms with E-state index in [2.05, 4.69) is 0 Å². The highest BCUT2D eigenvalue weighted by atomic mass is 31.1. The van der Waals surface area contributed by atoms with Crippen molar-refractivity contribution in [3.05, 3.63) is 0 Å². The summed E-state index contributed by atoms with van der Waals surface area (Å²) in [5, 5.41) is 0. The standard InChI is InChI=1S/C6H15N2O2P/c1-6(7(2)3,8(4)5)10-11-9/h1-5H3. The number of hydrogen-bond donors (Lipinski definition) is 0. The summed E-state index contributed by atoms with van der Waals surface area (Å²) in [6.45, 7) is 1.85. The molecule has 0 spiro atoms. The van der Waals surface area contributed by atoms with Crippen LogP contribution < -0.4 is 0 Å². The molecule has 4 nitrogen and oxygen atoms in total. The third kappa shape index (κ3) is 2.49. The van der Waals surface area contributed by atoms with Gasteiger partial charge in [-0.15, -0.1) is 0 Å². The SMILES string of the molecule is CN(C)C(C)(OP=O)N(C)C. The summed E-state index contributed by atoms with van der Waals surface area (Å²) in [7, 11) is 7.16. The van der Waals surface area contributed by atoms with Crippen molar-refractivity contribution < 1.29 is 9.09 Å². The molecule has 0 aromatic carbocycles. The van der Waals surface area contributed by atoms with E-state index in [1.165, 1.54) is 0 Å². The molecule has 0 amide bonds. The Balaban J connectivity index is 4.37. The molecule has 0 aromatic rings. The minimum absolute atomic E-state index is 0.303. The second-order valence-electron chi connectivity index (χ2n) is 2.89. The Kier molecular flexibility index (Phi) is 4.11. The third-order valence-electron chi connectivity index (χ3n) is 1.87. The molecule has 0 aliphatic heterocycles. The van der Waals surface area contributed by atoms with Crippen LogP contribution in [-0.2, 0) is 9.09 Å². The summed E-state index contributed by atoms with van der Waals surface area (Å²) in [5.41, 5.74) is 0. The summed E-state index contributed by atoms with van der Waals surface area (Å²) >= 11 is 0. The zero-order chi connectivity index (χ0) is 9.07. The molecule has 0 aliphatic rings. The fraction of sp³-hybridized carbons (Fsp3) is 1.00. The van der Waals surface area contributed by atoms with Gasteiger partial charge in [-0.3, -0.25) is 14.3 Å². The number of nitrogens with zero attached hydrogens (tertiary/aromatic N) is 2. The van der Waals surface area contributed by atoms with Gasteiger partial charge in [0.2, 0.25) is 0 Å². The van der Waals surface area contributed by atoms with Crippen molar-refractivity contribution in [3.8, 4) is 0 Å². The Bertz CT molecular complexity index is 131. The molecule has 0 N–H and O–H groups in total. The quantitative estimate of drug-likeness (QED) is 0.475. The Morgan fingerprint density at radius 3 is 1.64 bits per heavy atom. The van der Waals surface area contributed by atoms with Crippen LogP contribution in [0.5, 0.6) is 0 Å². The lowest BCUT2D eigenvalue weighted by molar-refractivity contribution is -0.137. The van der Waals surface area contributed by atoms with E-state index in [0.29, 0.717) is 0 Å². The normalized spacial score (nSPS) is 13.4.